The van der Waals surface area contributed by atoms with Gasteiger partial charge in [0.2, 0.25) is 0 Å². The SMILES string of the molecule is Nc1ccccc1Oc1[c]cccc1Oc1ccccc1N. The molecular formula is C18H15N2O2. The topological polar surface area (TPSA) is 70.5 Å². The smallest absolute Gasteiger partial charge is 0.178 e. The zero-order valence-electron chi connectivity index (χ0n) is 11.8. The van der Waals surface area contributed by atoms with Crippen molar-refractivity contribution in [3.63, 3.8) is 0 Å². The van der Waals surface area contributed by atoms with Crippen LogP contribution in [0.5, 0.6) is 23.0 Å². The number of anilines is 2. The van der Waals surface area contributed by atoms with Crippen LogP contribution in [-0.2, 0) is 0 Å². The van der Waals surface area contributed by atoms with Crippen LogP contribution < -0.4 is 20.9 Å². The summed E-state index contributed by atoms with van der Waals surface area (Å²) in [4.78, 5) is 0. The molecular weight excluding hydrogens is 276 g/mol. The van der Waals surface area contributed by atoms with Gasteiger partial charge in [-0.1, -0.05) is 36.4 Å². The fraction of sp³-hybridized carbons (Fsp3) is 0. The molecule has 0 aliphatic carbocycles. The zero-order chi connectivity index (χ0) is 15.4. The summed E-state index contributed by atoms with van der Waals surface area (Å²) in [5, 5.41) is 0. The van der Waals surface area contributed by atoms with E-state index >= 15 is 0 Å². The first-order chi connectivity index (χ1) is 10.7. The molecule has 0 fully saturated rings. The average molecular weight is 291 g/mol. The zero-order valence-corrected chi connectivity index (χ0v) is 11.8. The van der Waals surface area contributed by atoms with Crippen LogP contribution in [0.2, 0.25) is 0 Å². The molecule has 0 spiro atoms. The monoisotopic (exact) mass is 291 g/mol. The van der Waals surface area contributed by atoms with Crippen LogP contribution in [0, 0.1) is 6.07 Å². The van der Waals surface area contributed by atoms with E-state index in [1.54, 1.807) is 36.4 Å². The highest BCUT2D eigenvalue weighted by molar-refractivity contribution is 5.57. The van der Waals surface area contributed by atoms with Crippen LogP contribution in [0.1, 0.15) is 0 Å². The van der Waals surface area contributed by atoms with E-state index in [0.29, 0.717) is 34.4 Å². The Hall–Kier alpha value is -3.14. The molecule has 0 amide bonds. The van der Waals surface area contributed by atoms with Crippen molar-refractivity contribution < 1.29 is 9.47 Å². The van der Waals surface area contributed by atoms with E-state index in [1.807, 2.05) is 30.3 Å². The van der Waals surface area contributed by atoms with Gasteiger partial charge in [-0.05, 0) is 30.3 Å². The van der Waals surface area contributed by atoms with Gasteiger partial charge in [-0.3, -0.25) is 0 Å². The number of benzene rings is 3. The summed E-state index contributed by atoms with van der Waals surface area (Å²) < 4.78 is 11.6. The molecule has 22 heavy (non-hydrogen) atoms. The molecule has 1 radical (unpaired) electrons. The largest absolute Gasteiger partial charge is 0.451 e. The molecule has 0 atom stereocenters. The molecule has 0 bridgehead atoms. The number of para-hydroxylation sites is 5. The van der Waals surface area contributed by atoms with Crippen LogP contribution >= 0.6 is 0 Å². The van der Waals surface area contributed by atoms with Gasteiger partial charge in [-0.2, -0.15) is 0 Å². The lowest BCUT2D eigenvalue weighted by atomic mass is 10.2. The third kappa shape index (κ3) is 2.96. The first-order valence-corrected chi connectivity index (χ1v) is 6.79. The van der Waals surface area contributed by atoms with Crippen LogP contribution in [0.25, 0.3) is 0 Å². The van der Waals surface area contributed by atoms with Crippen molar-refractivity contribution in [2.24, 2.45) is 0 Å². The average Bonchev–Trinajstić information content (AvgIpc) is 2.53. The summed E-state index contributed by atoms with van der Waals surface area (Å²) >= 11 is 0. The Kier molecular flexibility index (Phi) is 3.83. The molecule has 4 N–H and O–H groups in total. The molecule has 3 aromatic rings. The number of nitrogens with two attached hydrogens (primary N) is 2. The maximum atomic E-state index is 5.90. The number of ether oxygens (including phenoxy) is 2. The van der Waals surface area contributed by atoms with Crippen LogP contribution in [0.4, 0.5) is 11.4 Å². The number of hydrogen-bond acceptors (Lipinski definition) is 4. The van der Waals surface area contributed by atoms with Crippen LogP contribution in [0.15, 0.2) is 66.7 Å². The minimum atomic E-state index is 0.448. The van der Waals surface area contributed by atoms with Crippen molar-refractivity contribution in [1.29, 1.82) is 0 Å². The number of nitrogen functional groups attached to an aromatic ring is 2. The van der Waals surface area contributed by atoms with Crippen molar-refractivity contribution in [1.82, 2.24) is 0 Å². The summed E-state index contributed by atoms with van der Waals surface area (Å²) in [7, 11) is 0. The molecule has 0 unspecified atom stereocenters. The van der Waals surface area contributed by atoms with E-state index in [1.165, 1.54) is 0 Å². The van der Waals surface area contributed by atoms with Crippen molar-refractivity contribution in [2.75, 3.05) is 11.5 Å². The van der Waals surface area contributed by atoms with Gasteiger partial charge in [0.05, 0.1) is 11.4 Å². The Bertz CT molecular complexity index is 721. The van der Waals surface area contributed by atoms with Crippen molar-refractivity contribution in [2.45, 2.75) is 0 Å². The van der Waals surface area contributed by atoms with Gasteiger partial charge in [-0.15, -0.1) is 0 Å². The third-order valence-corrected chi connectivity index (χ3v) is 3.05. The second kappa shape index (κ2) is 6.10. The van der Waals surface area contributed by atoms with Crippen molar-refractivity contribution >= 4 is 11.4 Å². The highest BCUT2D eigenvalue weighted by Crippen LogP contribution is 2.37. The van der Waals surface area contributed by atoms with Gasteiger partial charge in [0.25, 0.3) is 0 Å². The summed E-state index contributed by atoms with van der Waals surface area (Å²) in [5.74, 6) is 2.08. The molecule has 109 valence electrons. The Morgan fingerprint density at radius 3 is 1.82 bits per heavy atom. The predicted octanol–water partition coefficient (Wildman–Crippen LogP) is 4.24. The molecule has 0 aliphatic heterocycles. The maximum Gasteiger partial charge on any atom is 0.178 e. The third-order valence-electron chi connectivity index (χ3n) is 3.05. The van der Waals surface area contributed by atoms with Crippen molar-refractivity contribution in [3.05, 3.63) is 72.8 Å². The van der Waals surface area contributed by atoms with E-state index in [2.05, 4.69) is 6.07 Å². The van der Waals surface area contributed by atoms with E-state index in [-0.39, 0.29) is 0 Å². The van der Waals surface area contributed by atoms with Gasteiger partial charge < -0.3 is 20.9 Å². The maximum absolute atomic E-state index is 5.90. The fourth-order valence-corrected chi connectivity index (χ4v) is 1.94. The first kappa shape index (κ1) is 13.8. The highest BCUT2D eigenvalue weighted by atomic mass is 16.5. The normalized spacial score (nSPS) is 10.2. The quantitative estimate of drug-likeness (QED) is 0.705. The van der Waals surface area contributed by atoms with E-state index < -0.39 is 0 Å². The van der Waals surface area contributed by atoms with Gasteiger partial charge in [0.15, 0.2) is 23.0 Å². The lowest BCUT2D eigenvalue weighted by molar-refractivity contribution is 0.420. The summed E-state index contributed by atoms with van der Waals surface area (Å²) in [6.45, 7) is 0. The molecule has 4 heteroatoms. The van der Waals surface area contributed by atoms with E-state index in [9.17, 15) is 0 Å². The molecule has 0 aliphatic rings. The number of rotatable bonds is 4. The predicted molar refractivity (Wildman–Crippen MR) is 87.1 cm³/mol. The molecule has 4 nitrogen and oxygen atoms in total. The van der Waals surface area contributed by atoms with Crippen LogP contribution in [0.3, 0.4) is 0 Å². The van der Waals surface area contributed by atoms with Crippen molar-refractivity contribution in [3.8, 4) is 23.0 Å². The fourth-order valence-electron chi connectivity index (χ4n) is 1.94. The Balaban J connectivity index is 1.91. The van der Waals surface area contributed by atoms with E-state index in [0.717, 1.165) is 0 Å². The Labute approximate surface area is 128 Å². The standard InChI is InChI=1S/C18H15N2O2/c19-13-7-1-3-9-15(13)21-17-11-5-6-12-18(17)22-16-10-4-2-8-14(16)20/h1-11H,19-20H2. The molecule has 3 aromatic carbocycles. The molecule has 3 rings (SSSR count). The minimum Gasteiger partial charge on any atom is -0.451 e. The summed E-state index contributed by atoms with van der Waals surface area (Å²) in [6.07, 6.45) is 0. The Morgan fingerprint density at radius 1 is 0.636 bits per heavy atom. The molecule has 0 aromatic heterocycles. The molecule has 0 saturated heterocycles. The van der Waals surface area contributed by atoms with E-state index in [4.69, 9.17) is 20.9 Å². The second-order valence-corrected chi connectivity index (χ2v) is 4.64. The lowest BCUT2D eigenvalue weighted by Crippen LogP contribution is -1.95. The summed E-state index contributed by atoms with van der Waals surface area (Å²) in [6, 6.07) is 22.9. The second-order valence-electron chi connectivity index (χ2n) is 4.64. The van der Waals surface area contributed by atoms with Gasteiger partial charge in [0, 0.05) is 6.07 Å². The lowest BCUT2D eigenvalue weighted by Gasteiger charge is -2.13. The number of hydrogen-bond donors (Lipinski definition) is 2. The van der Waals surface area contributed by atoms with Crippen LogP contribution in [-0.4, -0.2) is 0 Å². The highest BCUT2D eigenvalue weighted by Gasteiger charge is 2.10. The molecule has 0 heterocycles. The first-order valence-electron chi connectivity index (χ1n) is 6.79. The van der Waals surface area contributed by atoms with Gasteiger partial charge in [0.1, 0.15) is 0 Å². The Morgan fingerprint density at radius 2 is 1.18 bits per heavy atom. The minimum absolute atomic E-state index is 0.448. The van der Waals surface area contributed by atoms with Gasteiger partial charge in [-0.25, -0.2) is 0 Å². The molecule has 0 saturated carbocycles. The summed E-state index contributed by atoms with van der Waals surface area (Å²) in [5.41, 5.74) is 12.9. The van der Waals surface area contributed by atoms with Gasteiger partial charge >= 0.3 is 0 Å².